The van der Waals surface area contributed by atoms with Gasteiger partial charge in [0.2, 0.25) is 0 Å². The molecule has 2 aliphatic rings. The molecule has 0 unspecified atom stereocenters. The number of hydrogen-bond acceptors (Lipinski definition) is 6. The first kappa shape index (κ1) is 21.8. The molecule has 0 radical (unpaired) electrons. The Kier molecular flexibility index (Phi) is 6.49. The first-order chi connectivity index (χ1) is 14.8. The number of hydrogen-bond donors (Lipinski definition) is 3. The number of phenols is 1. The smallest absolute Gasteiger partial charge is 0.321 e. The number of nitrogens with one attached hydrogen (secondary N) is 2. The van der Waals surface area contributed by atoms with Crippen LogP contribution in [0.4, 0.5) is 9.18 Å². The number of aliphatic imine (C=N–C) groups is 1. The van der Waals surface area contributed by atoms with E-state index in [-0.39, 0.29) is 17.2 Å². The van der Waals surface area contributed by atoms with Crippen molar-refractivity contribution in [3.8, 4) is 5.75 Å². The van der Waals surface area contributed by atoms with E-state index >= 15 is 0 Å². The fourth-order valence-electron chi connectivity index (χ4n) is 3.05. The van der Waals surface area contributed by atoms with E-state index in [1.54, 1.807) is 30.5 Å². The van der Waals surface area contributed by atoms with Crippen molar-refractivity contribution in [1.82, 2.24) is 15.5 Å². The molecule has 0 fully saturated rings. The molecule has 4 rings (SSSR count). The van der Waals surface area contributed by atoms with Crippen molar-refractivity contribution in [1.29, 1.82) is 0 Å². The molecule has 0 bridgehead atoms. The summed E-state index contributed by atoms with van der Waals surface area (Å²) in [6.07, 6.45) is 5.12. The van der Waals surface area contributed by atoms with Gasteiger partial charge in [-0.15, -0.1) is 0 Å². The number of rotatable bonds is 2. The standard InChI is InChI=1S/C11H11N3O3.C10H10FNO2/c1-12-11(16)14-10(15)9-5-7-6-13-4-2-3-8(7)17-9;1-2-12-5-6-3-4-7(13)9(11)8(6)10(12)14/h2-5H,6H2,1H3,(H2,12,14,15,16);3-4,13H,2,5H2,1H3. The Hall–Kier alpha value is -3.95. The van der Waals surface area contributed by atoms with Gasteiger partial charge >= 0.3 is 6.03 Å². The molecule has 0 saturated heterocycles. The molecule has 0 saturated carbocycles. The van der Waals surface area contributed by atoms with Gasteiger partial charge in [0.05, 0.1) is 12.1 Å². The Labute approximate surface area is 177 Å². The van der Waals surface area contributed by atoms with E-state index in [0.29, 0.717) is 31.0 Å². The highest BCUT2D eigenvalue weighted by atomic mass is 19.1. The zero-order valence-corrected chi connectivity index (χ0v) is 16.9. The lowest BCUT2D eigenvalue weighted by Gasteiger charge is -2.10. The molecule has 0 spiro atoms. The molecule has 4 amide bonds. The lowest BCUT2D eigenvalue weighted by Crippen LogP contribution is -2.37. The van der Waals surface area contributed by atoms with Gasteiger partial charge < -0.3 is 19.7 Å². The van der Waals surface area contributed by atoms with Crippen LogP contribution in [-0.2, 0) is 13.1 Å². The Morgan fingerprint density at radius 2 is 2.10 bits per heavy atom. The Bertz CT molecular complexity index is 1090. The number of amides is 4. The molecule has 2 aromatic rings. The summed E-state index contributed by atoms with van der Waals surface area (Å²) in [6.45, 7) is 3.27. The number of allylic oxidation sites excluding steroid dienone is 1. The molecular formula is C21H21FN4O5. The second-order valence-electron chi connectivity index (χ2n) is 6.63. The minimum Gasteiger partial charge on any atom is -0.505 e. The number of urea groups is 1. The number of halogens is 1. The van der Waals surface area contributed by atoms with Crippen molar-refractivity contribution in [2.75, 3.05) is 13.6 Å². The maximum atomic E-state index is 13.4. The summed E-state index contributed by atoms with van der Waals surface area (Å²) in [5.41, 5.74) is 1.48. The first-order valence-corrected chi connectivity index (χ1v) is 9.47. The van der Waals surface area contributed by atoms with E-state index in [0.717, 1.165) is 5.56 Å². The Morgan fingerprint density at radius 3 is 2.81 bits per heavy atom. The van der Waals surface area contributed by atoms with Gasteiger partial charge in [0, 0.05) is 31.9 Å². The van der Waals surface area contributed by atoms with Gasteiger partial charge in [-0.1, -0.05) is 6.07 Å². The van der Waals surface area contributed by atoms with Crippen molar-refractivity contribution in [3.63, 3.8) is 0 Å². The highest BCUT2D eigenvalue weighted by Gasteiger charge is 2.30. The van der Waals surface area contributed by atoms with E-state index in [1.165, 1.54) is 18.0 Å². The number of carbonyl (C=O) groups excluding carboxylic acids is 3. The third-order valence-corrected chi connectivity index (χ3v) is 4.67. The van der Waals surface area contributed by atoms with Crippen molar-refractivity contribution in [2.24, 2.45) is 4.99 Å². The lowest BCUT2D eigenvalue weighted by atomic mass is 10.1. The van der Waals surface area contributed by atoms with E-state index in [9.17, 15) is 18.8 Å². The molecular weight excluding hydrogens is 407 g/mol. The fourth-order valence-corrected chi connectivity index (χ4v) is 3.05. The van der Waals surface area contributed by atoms with Gasteiger partial charge in [-0.2, -0.15) is 0 Å². The monoisotopic (exact) mass is 428 g/mol. The van der Waals surface area contributed by atoms with E-state index in [2.05, 4.69) is 15.6 Å². The van der Waals surface area contributed by atoms with Crippen LogP contribution in [0.2, 0.25) is 0 Å². The molecule has 9 nitrogen and oxygen atoms in total. The quantitative estimate of drug-likeness (QED) is 0.678. The average Bonchev–Trinajstić information content (AvgIpc) is 3.24. The van der Waals surface area contributed by atoms with Crippen LogP contribution in [0.25, 0.3) is 6.08 Å². The molecule has 162 valence electrons. The predicted molar refractivity (Wildman–Crippen MR) is 110 cm³/mol. The van der Waals surface area contributed by atoms with Crippen LogP contribution in [0.1, 0.15) is 44.7 Å². The van der Waals surface area contributed by atoms with Gasteiger partial charge in [0.15, 0.2) is 17.3 Å². The zero-order chi connectivity index (χ0) is 22.5. The molecule has 0 aliphatic carbocycles. The number of benzene rings is 1. The lowest BCUT2D eigenvalue weighted by molar-refractivity contribution is 0.0782. The number of carbonyl (C=O) groups is 3. The number of imide groups is 1. The van der Waals surface area contributed by atoms with Gasteiger partial charge in [0.25, 0.3) is 11.8 Å². The second kappa shape index (κ2) is 9.24. The summed E-state index contributed by atoms with van der Waals surface area (Å²) in [4.78, 5) is 39.8. The summed E-state index contributed by atoms with van der Waals surface area (Å²) in [6, 6.07) is 3.87. The summed E-state index contributed by atoms with van der Waals surface area (Å²) >= 11 is 0. The largest absolute Gasteiger partial charge is 0.505 e. The van der Waals surface area contributed by atoms with Crippen LogP contribution in [-0.4, -0.2) is 47.7 Å². The van der Waals surface area contributed by atoms with Crippen LogP contribution in [0.5, 0.6) is 5.75 Å². The molecule has 31 heavy (non-hydrogen) atoms. The normalized spacial score (nSPS) is 13.6. The SMILES string of the molecule is CCN1Cc2ccc(O)c(F)c2C1=O.CNC(=O)NC(=O)c1cc2c(o1)C=CC=NC2. The first-order valence-electron chi connectivity index (χ1n) is 9.47. The van der Waals surface area contributed by atoms with Crippen molar-refractivity contribution >= 4 is 30.1 Å². The molecule has 3 heterocycles. The minimum absolute atomic E-state index is 0.0202. The molecule has 1 aromatic heterocycles. The van der Waals surface area contributed by atoms with Gasteiger partial charge in [-0.3, -0.25) is 19.9 Å². The number of furan rings is 1. The number of nitrogens with zero attached hydrogens (tertiary/aromatic N) is 2. The maximum Gasteiger partial charge on any atom is 0.321 e. The average molecular weight is 428 g/mol. The Morgan fingerprint density at radius 1 is 1.32 bits per heavy atom. The van der Waals surface area contributed by atoms with Crippen molar-refractivity contribution in [3.05, 3.63) is 58.3 Å². The molecule has 3 N–H and O–H groups in total. The molecule has 0 atom stereocenters. The van der Waals surface area contributed by atoms with Crippen LogP contribution in [0, 0.1) is 5.82 Å². The maximum absolute atomic E-state index is 13.4. The van der Waals surface area contributed by atoms with E-state index in [1.807, 2.05) is 6.92 Å². The van der Waals surface area contributed by atoms with Crippen LogP contribution in [0.15, 0.2) is 33.7 Å². The molecule has 2 aliphatic heterocycles. The predicted octanol–water partition coefficient (Wildman–Crippen LogP) is 2.45. The summed E-state index contributed by atoms with van der Waals surface area (Å²) in [7, 11) is 1.43. The van der Waals surface area contributed by atoms with E-state index in [4.69, 9.17) is 9.52 Å². The van der Waals surface area contributed by atoms with Crippen LogP contribution in [0.3, 0.4) is 0 Å². The summed E-state index contributed by atoms with van der Waals surface area (Å²) in [5, 5.41) is 13.5. The summed E-state index contributed by atoms with van der Waals surface area (Å²) < 4.78 is 18.7. The third kappa shape index (κ3) is 4.63. The topological polar surface area (TPSA) is 124 Å². The Balaban J connectivity index is 0.000000179. The van der Waals surface area contributed by atoms with Gasteiger partial charge in [-0.05, 0) is 36.8 Å². The van der Waals surface area contributed by atoms with Gasteiger partial charge in [0.1, 0.15) is 5.76 Å². The molecule has 1 aromatic carbocycles. The fraction of sp³-hybridized carbons (Fsp3) is 0.238. The zero-order valence-electron chi connectivity index (χ0n) is 16.9. The number of aromatic hydroxyl groups is 1. The number of fused-ring (bicyclic) bond motifs is 2. The minimum atomic E-state index is -0.802. The highest BCUT2D eigenvalue weighted by molar-refractivity contribution is 6.02. The van der Waals surface area contributed by atoms with E-state index < -0.39 is 23.5 Å². The highest BCUT2D eigenvalue weighted by Crippen LogP contribution is 2.29. The van der Waals surface area contributed by atoms with Crippen molar-refractivity contribution in [2.45, 2.75) is 20.0 Å². The summed E-state index contributed by atoms with van der Waals surface area (Å²) in [5.74, 6) is -1.49. The number of phenolic OH excluding ortho intramolecular Hbond substituents is 1. The van der Waals surface area contributed by atoms with Gasteiger partial charge in [-0.25, -0.2) is 9.18 Å². The second-order valence-corrected chi connectivity index (χ2v) is 6.63. The van der Waals surface area contributed by atoms with Crippen LogP contribution < -0.4 is 10.6 Å². The molecule has 10 heteroatoms. The third-order valence-electron chi connectivity index (χ3n) is 4.67. The van der Waals surface area contributed by atoms with Crippen LogP contribution >= 0.6 is 0 Å². The van der Waals surface area contributed by atoms with Crippen molar-refractivity contribution < 1.29 is 28.3 Å².